The average Bonchev–Trinajstić information content (AvgIpc) is 2.98. The molecule has 0 bridgehead atoms. The second kappa shape index (κ2) is 7.66. The number of ether oxygens (including phenoxy) is 2. The van der Waals surface area contributed by atoms with Gasteiger partial charge in [0, 0.05) is 23.2 Å². The lowest BCUT2D eigenvalue weighted by atomic mass is 10.1. The summed E-state index contributed by atoms with van der Waals surface area (Å²) >= 11 is 3.47. The fraction of sp³-hybridized carbons (Fsp3) is 0.533. The third kappa shape index (κ3) is 4.11. The summed E-state index contributed by atoms with van der Waals surface area (Å²) in [6.45, 7) is 6.58. The minimum Gasteiger partial charge on any atom is -0.490 e. The number of benzene rings is 1. The Balaban J connectivity index is 2.17. The van der Waals surface area contributed by atoms with Crippen molar-refractivity contribution in [2.75, 3.05) is 31.6 Å². The van der Waals surface area contributed by atoms with Crippen LogP contribution < -0.4 is 20.1 Å². The Kier molecular flexibility index (Phi) is 5.87. The first-order valence-corrected chi connectivity index (χ1v) is 8.05. The van der Waals surface area contributed by atoms with Crippen molar-refractivity contribution in [2.45, 2.75) is 20.3 Å². The van der Waals surface area contributed by atoms with Gasteiger partial charge in [0.05, 0.1) is 24.8 Å². The minimum atomic E-state index is 0.0269. The topological polar surface area (TPSA) is 59.6 Å². The van der Waals surface area contributed by atoms with E-state index in [2.05, 4.69) is 26.6 Å². The van der Waals surface area contributed by atoms with Crippen molar-refractivity contribution in [3.63, 3.8) is 0 Å². The summed E-state index contributed by atoms with van der Waals surface area (Å²) in [4.78, 5) is 12.2. The molecule has 0 saturated carbocycles. The van der Waals surface area contributed by atoms with E-state index in [0.29, 0.717) is 30.4 Å². The van der Waals surface area contributed by atoms with Crippen molar-refractivity contribution in [3.8, 4) is 11.5 Å². The van der Waals surface area contributed by atoms with Crippen LogP contribution in [0.15, 0.2) is 16.6 Å². The zero-order valence-electron chi connectivity index (χ0n) is 12.4. The van der Waals surface area contributed by atoms with E-state index in [4.69, 9.17) is 9.47 Å². The molecule has 2 rings (SSSR count). The standard InChI is InChI=1S/C15H21BrN2O3/c1-3-20-13-7-11(16)12(8-14(13)21-4-2)18-15(19)10-5-6-17-9-10/h7-8,10,17H,3-6,9H2,1-2H3,(H,18,19). The van der Waals surface area contributed by atoms with Crippen molar-refractivity contribution in [1.29, 1.82) is 0 Å². The van der Waals surface area contributed by atoms with Crippen LogP contribution in [-0.2, 0) is 4.79 Å². The van der Waals surface area contributed by atoms with Gasteiger partial charge in [-0.2, -0.15) is 0 Å². The summed E-state index contributed by atoms with van der Waals surface area (Å²) in [5.74, 6) is 1.38. The van der Waals surface area contributed by atoms with Crippen LogP contribution in [0.1, 0.15) is 20.3 Å². The maximum Gasteiger partial charge on any atom is 0.228 e. The smallest absolute Gasteiger partial charge is 0.228 e. The van der Waals surface area contributed by atoms with Crippen molar-refractivity contribution >= 4 is 27.5 Å². The Labute approximate surface area is 133 Å². The number of amides is 1. The van der Waals surface area contributed by atoms with Gasteiger partial charge in [-0.15, -0.1) is 0 Å². The Hall–Kier alpha value is -1.27. The molecule has 1 atom stereocenters. The number of hydrogen-bond donors (Lipinski definition) is 2. The molecule has 1 saturated heterocycles. The lowest BCUT2D eigenvalue weighted by Crippen LogP contribution is -2.24. The first-order chi connectivity index (χ1) is 10.2. The van der Waals surface area contributed by atoms with Crippen LogP contribution in [0.3, 0.4) is 0 Å². The molecule has 1 amide bonds. The number of carbonyl (C=O) groups excluding carboxylic acids is 1. The molecule has 2 N–H and O–H groups in total. The number of carbonyl (C=O) groups is 1. The van der Waals surface area contributed by atoms with E-state index in [1.54, 1.807) is 6.07 Å². The summed E-state index contributed by atoms with van der Waals surface area (Å²) in [5.41, 5.74) is 0.707. The van der Waals surface area contributed by atoms with Gasteiger partial charge in [-0.05, 0) is 42.7 Å². The summed E-state index contributed by atoms with van der Waals surface area (Å²) < 4.78 is 11.9. The Morgan fingerprint density at radius 1 is 1.33 bits per heavy atom. The van der Waals surface area contributed by atoms with Gasteiger partial charge in [-0.3, -0.25) is 4.79 Å². The van der Waals surface area contributed by atoms with Crippen molar-refractivity contribution in [3.05, 3.63) is 16.6 Å². The first-order valence-electron chi connectivity index (χ1n) is 7.26. The predicted octanol–water partition coefficient (Wildman–Crippen LogP) is 2.79. The van der Waals surface area contributed by atoms with Crippen LogP contribution in [-0.4, -0.2) is 32.2 Å². The van der Waals surface area contributed by atoms with E-state index in [0.717, 1.165) is 24.0 Å². The number of hydrogen-bond acceptors (Lipinski definition) is 4. The van der Waals surface area contributed by atoms with Gasteiger partial charge in [-0.25, -0.2) is 0 Å². The Morgan fingerprint density at radius 2 is 2.00 bits per heavy atom. The normalized spacial score (nSPS) is 17.6. The van der Waals surface area contributed by atoms with E-state index in [9.17, 15) is 4.79 Å². The molecule has 0 aromatic heterocycles. The highest BCUT2D eigenvalue weighted by Crippen LogP contribution is 2.37. The van der Waals surface area contributed by atoms with Crippen LogP contribution in [0.25, 0.3) is 0 Å². The number of anilines is 1. The quantitative estimate of drug-likeness (QED) is 0.822. The van der Waals surface area contributed by atoms with Crippen molar-refractivity contribution in [1.82, 2.24) is 5.32 Å². The molecule has 0 radical (unpaired) electrons. The second-order valence-electron chi connectivity index (χ2n) is 4.82. The fourth-order valence-corrected chi connectivity index (χ4v) is 2.70. The van der Waals surface area contributed by atoms with Crippen LogP contribution in [0.4, 0.5) is 5.69 Å². The largest absolute Gasteiger partial charge is 0.490 e. The molecule has 1 aromatic carbocycles. The molecule has 1 aliphatic rings. The molecule has 5 nitrogen and oxygen atoms in total. The summed E-state index contributed by atoms with van der Waals surface area (Å²) in [6, 6.07) is 3.63. The molecular weight excluding hydrogens is 336 g/mol. The van der Waals surface area contributed by atoms with Crippen molar-refractivity contribution in [2.24, 2.45) is 5.92 Å². The minimum absolute atomic E-state index is 0.0269. The van der Waals surface area contributed by atoms with Gasteiger partial charge >= 0.3 is 0 Å². The van der Waals surface area contributed by atoms with Gasteiger partial charge in [-0.1, -0.05) is 0 Å². The molecule has 1 unspecified atom stereocenters. The number of nitrogens with one attached hydrogen (secondary N) is 2. The van der Waals surface area contributed by atoms with Crippen molar-refractivity contribution < 1.29 is 14.3 Å². The molecule has 1 aliphatic heterocycles. The number of rotatable bonds is 6. The van der Waals surface area contributed by atoms with Gasteiger partial charge in [0.15, 0.2) is 11.5 Å². The van der Waals surface area contributed by atoms with Gasteiger partial charge in [0.2, 0.25) is 5.91 Å². The highest BCUT2D eigenvalue weighted by atomic mass is 79.9. The molecule has 21 heavy (non-hydrogen) atoms. The fourth-order valence-electron chi connectivity index (χ4n) is 2.28. The van der Waals surface area contributed by atoms with Gasteiger partial charge < -0.3 is 20.1 Å². The molecule has 1 heterocycles. The van der Waals surface area contributed by atoms with E-state index >= 15 is 0 Å². The third-order valence-electron chi connectivity index (χ3n) is 3.32. The molecule has 1 fully saturated rings. The maximum absolute atomic E-state index is 12.2. The molecule has 116 valence electrons. The van der Waals surface area contributed by atoms with Crippen LogP contribution in [0.5, 0.6) is 11.5 Å². The lowest BCUT2D eigenvalue weighted by molar-refractivity contribution is -0.119. The zero-order chi connectivity index (χ0) is 15.2. The molecule has 0 spiro atoms. The van der Waals surface area contributed by atoms with Crippen LogP contribution in [0.2, 0.25) is 0 Å². The van der Waals surface area contributed by atoms with Gasteiger partial charge in [0.25, 0.3) is 0 Å². The first kappa shape index (κ1) is 16.1. The monoisotopic (exact) mass is 356 g/mol. The number of halogens is 1. The highest BCUT2D eigenvalue weighted by molar-refractivity contribution is 9.10. The van der Waals surface area contributed by atoms with Crippen LogP contribution >= 0.6 is 15.9 Å². The summed E-state index contributed by atoms with van der Waals surface area (Å²) in [7, 11) is 0. The maximum atomic E-state index is 12.2. The highest BCUT2D eigenvalue weighted by Gasteiger charge is 2.23. The summed E-state index contributed by atoms with van der Waals surface area (Å²) in [5, 5.41) is 6.15. The lowest BCUT2D eigenvalue weighted by Gasteiger charge is -2.16. The molecule has 0 aliphatic carbocycles. The summed E-state index contributed by atoms with van der Waals surface area (Å²) in [6.07, 6.45) is 0.874. The SMILES string of the molecule is CCOc1cc(Br)c(NC(=O)C2CCNC2)cc1OCC. The molecule has 1 aromatic rings. The van der Waals surface area contributed by atoms with Crippen LogP contribution in [0, 0.1) is 5.92 Å². The zero-order valence-corrected chi connectivity index (χ0v) is 14.0. The average molecular weight is 357 g/mol. The van der Waals surface area contributed by atoms with E-state index in [1.807, 2.05) is 19.9 Å². The molecule has 6 heteroatoms. The van der Waals surface area contributed by atoms with Gasteiger partial charge in [0.1, 0.15) is 0 Å². The van der Waals surface area contributed by atoms with E-state index < -0.39 is 0 Å². The van der Waals surface area contributed by atoms with E-state index in [-0.39, 0.29) is 11.8 Å². The molecular formula is C15H21BrN2O3. The third-order valence-corrected chi connectivity index (χ3v) is 3.98. The predicted molar refractivity (Wildman–Crippen MR) is 86.1 cm³/mol. The second-order valence-corrected chi connectivity index (χ2v) is 5.68. The Bertz CT molecular complexity index is 502. The van der Waals surface area contributed by atoms with E-state index in [1.165, 1.54) is 0 Å². The Morgan fingerprint density at radius 3 is 2.57 bits per heavy atom.